The van der Waals surface area contributed by atoms with E-state index in [1.54, 1.807) is 23.2 Å². The summed E-state index contributed by atoms with van der Waals surface area (Å²) in [5.74, 6) is 0.990. The number of hydrogen-bond donors (Lipinski definition) is 1. The Balaban J connectivity index is 0.00000204. The zero-order valence-electron chi connectivity index (χ0n) is 17.7. The molecule has 2 aliphatic rings. The van der Waals surface area contributed by atoms with Gasteiger partial charge < -0.3 is 9.55 Å². The Kier molecular flexibility index (Phi) is 4.50. The molecule has 8 heteroatoms. The fraction of sp³-hybridized carbons (Fsp3) is 0.304. The SMILES string of the molecule is [CH2-]c1cc2c(Cl)cn(-c3cccc(C4(c5nncn5C)CC5(CC5)C4)c3)c(=O)c2[nH]1.[Li+]. The molecule has 2 saturated carbocycles. The molecule has 2 aliphatic carbocycles. The van der Waals surface area contributed by atoms with E-state index < -0.39 is 0 Å². The second-order valence-corrected chi connectivity index (χ2v) is 9.39. The van der Waals surface area contributed by atoms with Gasteiger partial charge in [-0.15, -0.1) is 15.9 Å². The average Bonchev–Trinajstić information content (AvgIpc) is 3.21. The molecule has 1 spiro atoms. The first-order chi connectivity index (χ1) is 14.4. The van der Waals surface area contributed by atoms with E-state index in [1.807, 2.05) is 23.7 Å². The molecule has 0 amide bonds. The van der Waals surface area contributed by atoms with Crippen molar-refractivity contribution < 1.29 is 18.9 Å². The van der Waals surface area contributed by atoms with Crippen molar-refractivity contribution in [1.82, 2.24) is 24.3 Å². The zero-order valence-corrected chi connectivity index (χ0v) is 18.4. The van der Waals surface area contributed by atoms with E-state index in [9.17, 15) is 4.79 Å². The van der Waals surface area contributed by atoms with Crippen LogP contribution >= 0.6 is 11.6 Å². The van der Waals surface area contributed by atoms with Crippen LogP contribution in [0.1, 0.15) is 42.8 Å². The summed E-state index contributed by atoms with van der Waals surface area (Å²) in [5.41, 5.74) is 3.27. The van der Waals surface area contributed by atoms with Crippen LogP contribution in [0.4, 0.5) is 0 Å². The summed E-state index contributed by atoms with van der Waals surface area (Å²) in [5, 5.41) is 9.82. The molecule has 6 rings (SSSR count). The van der Waals surface area contributed by atoms with Crippen molar-refractivity contribution in [3.8, 4) is 5.69 Å². The van der Waals surface area contributed by atoms with Crippen LogP contribution in [0.25, 0.3) is 16.6 Å². The quantitative estimate of drug-likeness (QED) is 0.395. The largest absolute Gasteiger partial charge is 1.00 e. The minimum Gasteiger partial charge on any atom is -0.386 e. The number of halogens is 1. The van der Waals surface area contributed by atoms with Gasteiger partial charge in [-0.2, -0.15) is 6.07 Å². The molecule has 6 nitrogen and oxygen atoms in total. The van der Waals surface area contributed by atoms with E-state index in [-0.39, 0.29) is 29.8 Å². The third-order valence-corrected chi connectivity index (χ3v) is 7.23. The van der Waals surface area contributed by atoms with Crippen molar-refractivity contribution in [3.63, 3.8) is 0 Å². The molecular weight excluding hydrogens is 405 g/mol. The van der Waals surface area contributed by atoms with Crippen LogP contribution in [-0.2, 0) is 12.5 Å². The number of H-pyrrole nitrogens is 1. The van der Waals surface area contributed by atoms with Gasteiger partial charge in [0.25, 0.3) is 5.56 Å². The number of nitrogens with zero attached hydrogens (tertiary/aromatic N) is 4. The average molecular weight is 426 g/mol. The van der Waals surface area contributed by atoms with Crippen LogP contribution in [0.2, 0.25) is 5.02 Å². The zero-order chi connectivity index (χ0) is 20.7. The number of aryl methyl sites for hydroxylation is 1. The minimum atomic E-state index is -0.164. The van der Waals surface area contributed by atoms with Crippen LogP contribution in [0.5, 0.6) is 0 Å². The summed E-state index contributed by atoms with van der Waals surface area (Å²) in [6.45, 7) is 3.89. The topological polar surface area (TPSA) is 68.5 Å². The van der Waals surface area contributed by atoms with Gasteiger partial charge in [0.15, 0.2) is 0 Å². The van der Waals surface area contributed by atoms with Gasteiger partial charge in [0, 0.05) is 24.0 Å². The smallest absolute Gasteiger partial charge is 0.386 e. The molecular formula is C23H21ClLiN5O. The van der Waals surface area contributed by atoms with Crippen LogP contribution in [0.3, 0.4) is 0 Å². The Hall–Kier alpha value is -2.39. The number of aromatic nitrogens is 5. The molecule has 152 valence electrons. The number of nitrogens with one attached hydrogen (secondary N) is 1. The second-order valence-electron chi connectivity index (χ2n) is 8.99. The number of rotatable bonds is 3. The number of fused-ring (bicyclic) bond motifs is 1. The maximum atomic E-state index is 13.2. The molecule has 31 heavy (non-hydrogen) atoms. The van der Waals surface area contributed by atoms with Gasteiger partial charge in [-0.3, -0.25) is 9.36 Å². The van der Waals surface area contributed by atoms with Crippen molar-refractivity contribution in [3.05, 3.63) is 82.2 Å². The minimum absolute atomic E-state index is 0. The molecule has 0 bridgehead atoms. The van der Waals surface area contributed by atoms with E-state index in [2.05, 4.69) is 34.2 Å². The first-order valence-electron chi connectivity index (χ1n) is 10.1. The molecule has 0 atom stereocenters. The van der Waals surface area contributed by atoms with Crippen molar-refractivity contribution in [2.75, 3.05) is 0 Å². The number of pyridine rings is 1. The maximum absolute atomic E-state index is 13.2. The van der Waals surface area contributed by atoms with Crippen molar-refractivity contribution in [2.45, 2.75) is 31.1 Å². The third kappa shape index (κ3) is 2.93. The summed E-state index contributed by atoms with van der Waals surface area (Å²) in [6.07, 6.45) is 8.18. The molecule has 3 heterocycles. The fourth-order valence-corrected chi connectivity index (χ4v) is 5.59. The third-order valence-electron chi connectivity index (χ3n) is 6.93. The molecule has 0 radical (unpaired) electrons. The molecule has 1 N–H and O–H groups in total. The molecule has 2 fully saturated rings. The van der Waals surface area contributed by atoms with E-state index in [4.69, 9.17) is 11.6 Å². The number of benzene rings is 1. The van der Waals surface area contributed by atoms with Crippen LogP contribution < -0.4 is 24.4 Å². The van der Waals surface area contributed by atoms with E-state index in [0.29, 0.717) is 27.0 Å². The molecule has 0 aliphatic heterocycles. The number of hydrogen-bond acceptors (Lipinski definition) is 3. The molecule has 4 aromatic rings. The Morgan fingerprint density at radius 1 is 1.23 bits per heavy atom. The summed E-state index contributed by atoms with van der Waals surface area (Å²) in [4.78, 5) is 16.2. The van der Waals surface area contributed by atoms with Crippen LogP contribution in [-0.4, -0.2) is 24.3 Å². The first kappa shape index (κ1) is 20.5. The monoisotopic (exact) mass is 425 g/mol. The Morgan fingerprint density at radius 3 is 2.68 bits per heavy atom. The van der Waals surface area contributed by atoms with Gasteiger partial charge in [-0.25, -0.2) is 6.92 Å². The summed E-state index contributed by atoms with van der Waals surface area (Å²) in [6, 6.07) is 9.99. The summed E-state index contributed by atoms with van der Waals surface area (Å²) in [7, 11) is 2.00. The fourth-order valence-electron chi connectivity index (χ4n) is 5.34. The van der Waals surface area contributed by atoms with Crippen LogP contribution in [0.15, 0.2) is 47.7 Å². The standard InChI is InChI=1S/C23H21ClN5O.Li/c1-14-8-17-18(24)10-29(20(30)19(17)26-14)16-5-3-4-15(9-16)23(11-22(12-23)6-7-22)21-27-25-13-28(21)2;/h3-5,8-10,13,26H,1,6-7,11-12H2,2H3;/q-1;+1. The van der Waals surface area contributed by atoms with Crippen molar-refractivity contribution in [1.29, 1.82) is 0 Å². The summed E-state index contributed by atoms with van der Waals surface area (Å²) < 4.78 is 3.63. The molecule has 0 unspecified atom stereocenters. The Bertz CT molecular complexity index is 1370. The Morgan fingerprint density at radius 2 is 2.00 bits per heavy atom. The van der Waals surface area contributed by atoms with Gasteiger partial charge in [0.05, 0.1) is 10.9 Å². The van der Waals surface area contributed by atoms with Gasteiger partial charge >= 0.3 is 18.9 Å². The van der Waals surface area contributed by atoms with Crippen molar-refractivity contribution in [2.24, 2.45) is 12.5 Å². The number of aromatic amines is 1. The normalized spacial score (nSPS) is 18.0. The van der Waals surface area contributed by atoms with Gasteiger partial charge in [-0.05, 0) is 48.8 Å². The van der Waals surface area contributed by atoms with E-state index >= 15 is 0 Å². The van der Waals surface area contributed by atoms with Crippen molar-refractivity contribution >= 4 is 22.5 Å². The molecule has 1 aromatic carbocycles. The van der Waals surface area contributed by atoms with E-state index in [1.165, 1.54) is 18.4 Å². The predicted octanol–water partition coefficient (Wildman–Crippen LogP) is 1.15. The predicted molar refractivity (Wildman–Crippen MR) is 116 cm³/mol. The second kappa shape index (κ2) is 6.80. The Labute approximate surface area is 196 Å². The molecule has 3 aromatic heterocycles. The summed E-state index contributed by atoms with van der Waals surface area (Å²) >= 11 is 6.48. The molecule has 0 saturated heterocycles. The van der Waals surface area contributed by atoms with Gasteiger partial charge in [0.1, 0.15) is 12.2 Å². The van der Waals surface area contributed by atoms with Gasteiger partial charge in [0.2, 0.25) is 0 Å². The maximum Gasteiger partial charge on any atom is 1.00 e. The first-order valence-corrected chi connectivity index (χ1v) is 10.5. The van der Waals surface area contributed by atoms with Crippen LogP contribution in [0, 0.1) is 12.3 Å². The van der Waals surface area contributed by atoms with Gasteiger partial charge in [-0.1, -0.05) is 29.1 Å². The van der Waals surface area contributed by atoms with E-state index in [0.717, 1.165) is 24.4 Å².